The molecule has 158 valence electrons. The van der Waals surface area contributed by atoms with Crippen LogP contribution in [0.15, 0.2) is 58.6 Å². The molecular weight excluding hydrogens is 428 g/mol. The fraction of sp³-hybridized carbons (Fsp3) is 0.222. The molecule has 10 nitrogen and oxygen atoms in total. The highest BCUT2D eigenvalue weighted by Gasteiger charge is 2.21. The summed E-state index contributed by atoms with van der Waals surface area (Å²) in [5, 5.41) is 19.4. The largest absolute Gasteiger partial charge is 0.492 e. The average molecular weight is 449 g/mol. The summed E-state index contributed by atoms with van der Waals surface area (Å²) in [7, 11) is -3.79. The van der Waals surface area contributed by atoms with Crippen molar-refractivity contribution in [1.82, 2.24) is 20.2 Å². The number of thioether (sulfide) groups is 1. The first kappa shape index (κ1) is 21.7. The van der Waals surface area contributed by atoms with E-state index >= 15 is 0 Å². The molecule has 0 radical (unpaired) electrons. The van der Waals surface area contributed by atoms with E-state index in [4.69, 9.17) is 9.88 Å². The van der Waals surface area contributed by atoms with Gasteiger partial charge in [0.1, 0.15) is 11.4 Å². The average Bonchev–Trinajstić information content (AvgIpc) is 3.16. The first-order chi connectivity index (χ1) is 14.3. The van der Waals surface area contributed by atoms with Gasteiger partial charge in [0.25, 0.3) is 0 Å². The third-order valence-corrected chi connectivity index (χ3v) is 5.90. The first-order valence-corrected chi connectivity index (χ1v) is 11.3. The number of tetrazole rings is 1. The van der Waals surface area contributed by atoms with Gasteiger partial charge in [-0.3, -0.25) is 4.79 Å². The van der Waals surface area contributed by atoms with Crippen LogP contribution in [0.1, 0.15) is 13.8 Å². The topological polar surface area (TPSA) is 142 Å². The quantitative estimate of drug-likeness (QED) is 0.497. The van der Waals surface area contributed by atoms with Crippen molar-refractivity contribution in [3.05, 3.63) is 48.5 Å². The molecule has 0 fully saturated rings. The number of carbonyl (C=O) groups excluding carboxylic acids is 1. The lowest BCUT2D eigenvalue weighted by Crippen LogP contribution is -2.23. The number of carbonyl (C=O) groups is 1. The Kier molecular flexibility index (Phi) is 6.70. The molecule has 3 rings (SSSR count). The SMILES string of the molecule is CCOc1ccccc1-n1nnnc1SC(C)C(=O)Nc1ccc(S(N)(=O)=O)cc1. The van der Waals surface area contributed by atoms with E-state index in [9.17, 15) is 13.2 Å². The maximum atomic E-state index is 12.6. The summed E-state index contributed by atoms with van der Waals surface area (Å²) >= 11 is 1.18. The molecule has 0 saturated carbocycles. The molecule has 2 aromatic carbocycles. The number of aromatic nitrogens is 4. The summed E-state index contributed by atoms with van der Waals surface area (Å²) in [6, 6.07) is 12.9. The molecule has 1 aromatic heterocycles. The molecule has 0 aliphatic heterocycles. The minimum atomic E-state index is -3.79. The normalized spacial score (nSPS) is 12.4. The second kappa shape index (κ2) is 9.24. The Balaban J connectivity index is 1.72. The molecule has 30 heavy (non-hydrogen) atoms. The van der Waals surface area contributed by atoms with Gasteiger partial charge in [0.2, 0.25) is 21.1 Å². The number of ether oxygens (including phenoxy) is 1. The number of primary sulfonamides is 1. The van der Waals surface area contributed by atoms with Crippen molar-refractivity contribution in [2.24, 2.45) is 5.14 Å². The number of hydrogen-bond donors (Lipinski definition) is 2. The summed E-state index contributed by atoms with van der Waals surface area (Å²) in [5.41, 5.74) is 1.11. The predicted molar refractivity (Wildman–Crippen MR) is 112 cm³/mol. The van der Waals surface area contributed by atoms with Crippen LogP contribution in [-0.4, -0.2) is 46.4 Å². The highest BCUT2D eigenvalue weighted by atomic mass is 32.2. The number of nitrogens with two attached hydrogens (primary N) is 1. The van der Waals surface area contributed by atoms with Crippen LogP contribution >= 0.6 is 11.8 Å². The number of amides is 1. The summed E-state index contributed by atoms with van der Waals surface area (Å²) in [6.07, 6.45) is 0. The van der Waals surface area contributed by atoms with Crippen LogP contribution < -0.4 is 15.2 Å². The third kappa shape index (κ3) is 5.14. The monoisotopic (exact) mass is 448 g/mol. The Morgan fingerprint density at radius 2 is 1.93 bits per heavy atom. The van der Waals surface area contributed by atoms with Crippen molar-refractivity contribution in [1.29, 1.82) is 0 Å². The third-order valence-electron chi connectivity index (χ3n) is 3.94. The van der Waals surface area contributed by atoms with Crippen LogP contribution in [0.2, 0.25) is 0 Å². The highest BCUT2D eigenvalue weighted by molar-refractivity contribution is 8.00. The number of hydrogen-bond acceptors (Lipinski definition) is 8. The van der Waals surface area contributed by atoms with Gasteiger partial charge in [-0.15, -0.1) is 5.10 Å². The second-order valence-corrected chi connectivity index (χ2v) is 8.96. The van der Waals surface area contributed by atoms with Crippen molar-refractivity contribution >= 4 is 33.4 Å². The van der Waals surface area contributed by atoms with Gasteiger partial charge in [-0.25, -0.2) is 13.6 Å². The number of rotatable bonds is 8. The van der Waals surface area contributed by atoms with Crippen molar-refractivity contribution in [3.8, 4) is 11.4 Å². The molecule has 3 N–H and O–H groups in total. The van der Waals surface area contributed by atoms with E-state index in [-0.39, 0.29) is 10.8 Å². The van der Waals surface area contributed by atoms with Gasteiger partial charge < -0.3 is 10.1 Å². The van der Waals surface area contributed by atoms with E-state index in [0.717, 1.165) is 0 Å². The zero-order chi connectivity index (χ0) is 21.7. The van der Waals surface area contributed by atoms with Crippen molar-refractivity contribution < 1.29 is 17.9 Å². The van der Waals surface area contributed by atoms with Crippen molar-refractivity contribution in [2.75, 3.05) is 11.9 Å². The number of benzene rings is 2. The fourth-order valence-electron chi connectivity index (χ4n) is 2.50. The zero-order valence-corrected chi connectivity index (χ0v) is 17.9. The second-order valence-electron chi connectivity index (χ2n) is 6.09. The molecule has 1 unspecified atom stereocenters. The van der Waals surface area contributed by atoms with Crippen LogP contribution in [-0.2, 0) is 14.8 Å². The predicted octanol–water partition coefficient (Wildman–Crippen LogP) is 1.83. The molecule has 0 spiro atoms. The van der Waals surface area contributed by atoms with Gasteiger partial charge in [-0.2, -0.15) is 4.68 Å². The lowest BCUT2D eigenvalue weighted by atomic mass is 10.3. The Labute approximate surface area is 177 Å². The molecule has 1 heterocycles. The van der Waals surface area contributed by atoms with Gasteiger partial charge >= 0.3 is 0 Å². The Hall–Kier alpha value is -2.96. The Morgan fingerprint density at radius 3 is 2.60 bits per heavy atom. The number of anilines is 1. The highest BCUT2D eigenvalue weighted by Crippen LogP contribution is 2.28. The van der Waals surface area contributed by atoms with E-state index in [1.807, 2.05) is 31.2 Å². The lowest BCUT2D eigenvalue weighted by molar-refractivity contribution is -0.115. The number of nitrogens with one attached hydrogen (secondary N) is 1. The van der Waals surface area contributed by atoms with Gasteiger partial charge in [0, 0.05) is 5.69 Å². The first-order valence-electron chi connectivity index (χ1n) is 8.90. The molecule has 0 saturated heterocycles. The van der Waals surface area contributed by atoms with Crippen molar-refractivity contribution in [3.63, 3.8) is 0 Å². The molecule has 1 atom stereocenters. The number of nitrogens with zero attached hydrogens (tertiary/aromatic N) is 4. The van der Waals surface area contributed by atoms with Crippen molar-refractivity contribution in [2.45, 2.75) is 29.1 Å². The smallest absolute Gasteiger partial charge is 0.238 e. The summed E-state index contributed by atoms with van der Waals surface area (Å²) < 4.78 is 29.8. The van der Waals surface area contributed by atoms with E-state index in [1.54, 1.807) is 6.92 Å². The molecule has 0 aliphatic rings. The maximum absolute atomic E-state index is 12.6. The molecular formula is C18H20N6O4S2. The maximum Gasteiger partial charge on any atom is 0.238 e. The minimum absolute atomic E-state index is 0.0323. The van der Waals surface area contributed by atoms with Crippen LogP contribution in [0.4, 0.5) is 5.69 Å². The molecule has 0 aliphatic carbocycles. The van der Waals surface area contributed by atoms with E-state index in [1.165, 1.54) is 40.7 Å². The van der Waals surface area contributed by atoms with Crippen LogP contribution in [0, 0.1) is 0 Å². The van der Waals surface area contributed by atoms with E-state index in [2.05, 4.69) is 20.8 Å². The van der Waals surface area contributed by atoms with Gasteiger partial charge in [0.05, 0.1) is 16.8 Å². The van der Waals surface area contributed by atoms with Gasteiger partial charge in [0.15, 0.2) is 0 Å². The van der Waals surface area contributed by atoms with E-state index < -0.39 is 15.3 Å². The molecule has 12 heteroatoms. The lowest BCUT2D eigenvalue weighted by Gasteiger charge is -2.13. The zero-order valence-electron chi connectivity index (χ0n) is 16.2. The van der Waals surface area contributed by atoms with E-state index in [0.29, 0.717) is 28.9 Å². The number of sulfonamides is 1. The fourth-order valence-corrected chi connectivity index (χ4v) is 3.81. The Morgan fingerprint density at radius 1 is 1.23 bits per heavy atom. The Bertz CT molecular complexity index is 1130. The molecule has 1 amide bonds. The van der Waals surface area contributed by atoms with Gasteiger partial charge in [-0.1, -0.05) is 23.9 Å². The molecule has 0 bridgehead atoms. The van der Waals surface area contributed by atoms with Crippen LogP contribution in [0.3, 0.4) is 0 Å². The van der Waals surface area contributed by atoms with Crippen LogP contribution in [0.5, 0.6) is 5.75 Å². The minimum Gasteiger partial charge on any atom is -0.492 e. The standard InChI is InChI=1S/C18H20N6O4S2/c1-3-28-16-7-5-4-6-15(16)24-18(21-22-23-24)29-12(2)17(25)20-13-8-10-14(11-9-13)30(19,26)27/h4-12H,3H2,1-2H3,(H,20,25)(H2,19,26,27). The summed E-state index contributed by atoms with van der Waals surface area (Å²) in [4.78, 5) is 12.5. The van der Waals surface area contributed by atoms with Gasteiger partial charge in [-0.05, 0) is 60.7 Å². The van der Waals surface area contributed by atoms with Crippen LogP contribution in [0.25, 0.3) is 5.69 Å². The molecule has 3 aromatic rings. The summed E-state index contributed by atoms with van der Waals surface area (Å²) in [6.45, 7) is 4.09. The number of para-hydroxylation sites is 2. The summed E-state index contributed by atoms with van der Waals surface area (Å²) in [5.74, 6) is 0.331.